The largest absolute Gasteiger partial charge is 0.250 e. The molecule has 1 aliphatic heterocycles. The van der Waals surface area contributed by atoms with Crippen LogP contribution in [0.25, 0.3) is 6.08 Å². The van der Waals surface area contributed by atoms with E-state index in [4.69, 9.17) is 0 Å². The standard InChI is InChI=1S/C11H14N3P/c1-3-8-7-12-14-10-9(8)5-4-6-11(2,15)13-10/h4-7H,3,15H2,1-2H3. The first kappa shape index (κ1) is 10.4. The second kappa shape index (κ2) is 3.82. The summed E-state index contributed by atoms with van der Waals surface area (Å²) in [5.74, 6) is 0. The van der Waals surface area contributed by atoms with Crippen LogP contribution < -0.4 is 10.7 Å². The lowest BCUT2D eigenvalue weighted by Crippen LogP contribution is -2.34. The van der Waals surface area contributed by atoms with E-state index in [0.717, 1.165) is 17.1 Å². The average Bonchev–Trinajstić information content (AvgIpc) is 2.33. The van der Waals surface area contributed by atoms with Crippen molar-refractivity contribution < 1.29 is 0 Å². The molecular formula is C11H14N3P. The smallest absolute Gasteiger partial charge is 0.178 e. The van der Waals surface area contributed by atoms with Gasteiger partial charge in [0.2, 0.25) is 0 Å². The molecular weight excluding hydrogens is 205 g/mol. The van der Waals surface area contributed by atoms with Gasteiger partial charge < -0.3 is 0 Å². The monoisotopic (exact) mass is 219 g/mol. The Bertz CT molecular complexity index is 517. The molecule has 0 saturated carbocycles. The maximum absolute atomic E-state index is 4.55. The molecule has 1 aromatic heterocycles. The number of rotatable bonds is 1. The summed E-state index contributed by atoms with van der Waals surface area (Å²) < 4.78 is 0. The Labute approximate surface area is 91.2 Å². The fraction of sp³-hybridized carbons (Fsp3) is 0.364. The maximum Gasteiger partial charge on any atom is 0.178 e. The second-order valence-electron chi connectivity index (χ2n) is 3.82. The zero-order valence-electron chi connectivity index (χ0n) is 8.94. The molecule has 2 unspecified atom stereocenters. The summed E-state index contributed by atoms with van der Waals surface area (Å²) in [5.41, 5.74) is 1.92. The Balaban J connectivity index is 2.78. The third-order valence-corrected chi connectivity index (χ3v) is 2.70. The third-order valence-electron chi connectivity index (χ3n) is 2.38. The van der Waals surface area contributed by atoms with Gasteiger partial charge in [-0.05, 0) is 18.9 Å². The molecule has 0 fully saturated rings. The van der Waals surface area contributed by atoms with Gasteiger partial charge in [0, 0.05) is 5.22 Å². The lowest BCUT2D eigenvalue weighted by atomic mass is 10.2. The maximum atomic E-state index is 4.55. The van der Waals surface area contributed by atoms with Crippen molar-refractivity contribution in [3.8, 4) is 0 Å². The Hall–Kier alpha value is -1.08. The van der Waals surface area contributed by atoms with Gasteiger partial charge in [0.25, 0.3) is 0 Å². The molecule has 0 spiro atoms. The summed E-state index contributed by atoms with van der Waals surface area (Å²) in [6, 6.07) is 0. The summed E-state index contributed by atoms with van der Waals surface area (Å²) in [7, 11) is 2.71. The molecule has 0 N–H and O–H groups in total. The quantitative estimate of drug-likeness (QED) is 0.649. The number of hydrogen-bond donors (Lipinski definition) is 0. The Morgan fingerprint density at radius 2 is 2.27 bits per heavy atom. The zero-order chi connectivity index (χ0) is 10.9. The fourth-order valence-electron chi connectivity index (χ4n) is 1.57. The Morgan fingerprint density at radius 3 is 3.00 bits per heavy atom. The molecule has 2 heterocycles. The van der Waals surface area contributed by atoms with Gasteiger partial charge in [-0.3, -0.25) is 0 Å². The van der Waals surface area contributed by atoms with Gasteiger partial charge in [0.15, 0.2) is 5.49 Å². The second-order valence-corrected chi connectivity index (χ2v) is 4.99. The number of aromatic nitrogens is 2. The highest BCUT2D eigenvalue weighted by Crippen LogP contribution is 2.20. The van der Waals surface area contributed by atoms with Crippen LogP contribution in [0.1, 0.15) is 19.4 Å². The van der Waals surface area contributed by atoms with Crippen molar-refractivity contribution in [3.05, 3.63) is 34.6 Å². The van der Waals surface area contributed by atoms with Crippen LogP contribution in [0.2, 0.25) is 0 Å². The SMILES string of the molecule is CCc1cnnc2c1=CC=CC(C)(P)N=2. The Kier molecular flexibility index (Phi) is 2.66. The van der Waals surface area contributed by atoms with Crippen molar-refractivity contribution in [2.75, 3.05) is 0 Å². The van der Waals surface area contributed by atoms with E-state index in [9.17, 15) is 0 Å². The van der Waals surface area contributed by atoms with Crippen molar-refractivity contribution in [3.63, 3.8) is 0 Å². The van der Waals surface area contributed by atoms with E-state index in [2.05, 4.69) is 37.4 Å². The van der Waals surface area contributed by atoms with Crippen LogP contribution in [0.5, 0.6) is 0 Å². The first-order chi connectivity index (χ1) is 7.12. The van der Waals surface area contributed by atoms with Crippen molar-refractivity contribution in [2.45, 2.75) is 25.5 Å². The molecule has 0 radical (unpaired) electrons. The van der Waals surface area contributed by atoms with Crippen molar-refractivity contribution in [1.29, 1.82) is 0 Å². The van der Waals surface area contributed by atoms with Crippen LogP contribution in [0.15, 0.2) is 23.3 Å². The highest BCUT2D eigenvalue weighted by Gasteiger charge is 2.13. The van der Waals surface area contributed by atoms with E-state index in [0.29, 0.717) is 0 Å². The van der Waals surface area contributed by atoms with Gasteiger partial charge in [-0.1, -0.05) is 25.2 Å². The molecule has 2 atom stereocenters. The first-order valence-electron chi connectivity index (χ1n) is 5.01. The molecule has 2 rings (SSSR count). The van der Waals surface area contributed by atoms with Crippen molar-refractivity contribution in [1.82, 2.24) is 10.2 Å². The number of allylic oxidation sites excluding steroid dienone is 1. The van der Waals surface area contributed by atoms with E-state index in [1.165, 1.54) is 5.56 Å². The molecule has 1 aromatic rings. The van der Waals surface area contributed by atoms with E-state index in [-0.39, 0.29) is 5.28 Å². The zero-order valence-corrected chi connectivity index (χ0v) is 10.1. The van der Waals surface area contributed by atoms with Gasteiger partial charge >= 0.3 is 0 Å². The van der Waals surface area contributed by atoms with Gasteiger partial charge in [-0.2, -0.15) is 5.10 Å². The minimum atomic E-state index is -0.275. The normalized spacial score (nSPS) is 23.7. The van der Waals surface area contributed by atoms with Crippen molar-refractivity contribution >= 4 is 15.3 Å². The number of nitrogens with zero attached hydrogens (tertiary/aromatic N) is 3. The molecule has 4 heteroatoms. The molecule has 15 heavy (non-hydrogen) atoms. The minimum Gasteiger partial charge on any atom is -0.250 e. The van der Waals surface area contributed by atoms with Crippen LogP contribution in [0.3, 0.4) is 0 Å². The predicted molar refractivity (Wildman–Crippen MR) is 63.9 cm³/mol. The minimum absolute atomic E-state index is 0.275. The lowest BCUT2D eigenvalue weighted by Gasteiger charge is -2.11. The summed E-state index contributed by atoms with van der Waals surface area (Å²) >= 11 is 0. The number of aryl methyl sites for hydroxylation is 1. The topological polar surface area (TPSA) is 38.1 Å². The molecule has 1 aliphatic rings. The third kappa shape index (κ3) is 2.13. The van der Waals surface area contributed by atoms with Gasteiger partial charge in [0.05, 0.1) is 11.5 Å². The molecule has 0 aliphatic carbocycles. The molecule has 0 aromatic carbocycles. The number of fused-ring (bicyclic) bond motifs is 1. The molecule has 3 nitrogen and oxygen atoms in total. The van der Waals surface area contributed by atoms with Crippen LogP contribution in [-0.2, 0) is 6.42 Å². The summed E-state index contributed by atoms with van der Waals surface area (Å²) in [6.45, 7) is 4.14. The summed E-state index contributed by atoms with van der Waals surface area (Å²) in [5, 5.41) is 8.87. The fourth-order valence-corrected chi connectivity index (χ4v) is 1.80. The van der Waals surface area contributed by atoms with E-state index in [1.807, 2.05) is 25.3 Å². The Morgan fingerprint density at radius 1 is 1.47 bits per heavy atom. The molecule has 0 saturated heterocycles. The van der Waals surface area contributed by atoms with Gasteiger partial charge in [-0.25, -0.2) is 4.99 Å². The molecule has 78 valence electrons. The van der Waals surface area contributed by atoms with E-state index < -0.39 is 0 Å². The summed E-state index contributed by atoms with van der Waals surface area (Å²) in [4.78, 5) is 4.55. The van der Waals surface area contributed by atoms with Crippen LogP contribution >= 0.6 is 9.24 Å². The van der Waals surface area contributed by atoms with Gasteiger partial charge in [-0.15, -0.1) is 14.3 Å². The molecule has 0 bridgehead atoms. The van der Waals surface area contributed by atoms with E-state index in [1.54, 1.807) is 0 Å². The first-order valence-corrected chi connectivity index (χ1v) is 5.59. The van der Waals surface area contributed by atoms with Crippen LogP contribution in [-0.4, -0.2) is 15.5 Å². The average molecular weight is 219 g/mol. The molecule has 0 amide bonds. The van der Waals surface area contributed by atoms with Crippen LogP contribution in [0.4, 0.5) is 0 Å². The van der Waals surface area contributed by atoms with Crippen molar-refractivity contribution in [2.24, 2.45) is 4.99 Å². The van der Waals surface area contributed by atoms with Crippen LogP contribution in [0, 0.1) is 0 Å². The highest BCUT2D eigenvalue weighted by molar-refractivity contribution is 7.19. The predicted octanol–water partition coefficient (Wildman–Crippen LogP) is 0.600. The number of hydrogen-bond acceptors (Lipinski definition) is 3. The highest BCUT2D eigenvalue weighted by atomic mass is 31.0. The summed E-state index contributed by atoms with van der Waals surface area (Å²) in [6.07, 6.45) is 8.89. The van der Waals surface area contributed by atoms with Gasteiger partial charge in [0.1, 0.15) is 0 Å². The lowest BCUT2D eigenvalue weighted by molar-refractivity contribution is 0.775. The van der Waals surface area contributed by atoms with E-state index >= 15 is 0 Å².